The second-order valence-electron chi connectivity index (χ2n) is 5.48. The molecule has 1 aromatic rings. The molecule has 0 saturated heterocycles. The zero-order valence-electron chi connectivity index (χ0n) is 11.9. The molecule has 0 aromatic heterocycles. The Bertz CT molecular complexity index is 522. The van der Waals surface area contributed by atoms with Crippen LogP contribution >= 0.6 is 0 Å². The maximum atomic E-state index is 11.3. The molecule has 21 heavy (non-hydrogen) atoms. The van der Waals surface area contributed by atoms with Gasteiger partial charge in [0.05, 0.1) is 10.5 Å². The largest absolute Gasteiger partial charge is 0.478 e. The van der Waals surface area contributed by atoms with Crippen molar-refractivity contribution in [3.63, 3.8) is 0 Å². The van der Waals surface area contributed by atoms with Crippen molar-refractivity contribution >= 4 is 17.3 Å². The Hall–Kier alpha value is -2.11. The summed E-state index contributed by atoms with van der Waals surface area (Å²) in [6.07, 6.45) is 7.98. The molecule has 0 amide bonds. The Morgan fingerprint density at radius 3 is 2.38 bits per heavy atom. The number of non-ortho nitro benzene ring substituents is 1. The van der Waals surface area contributed by atoms with Crippen LogP contribution < -0.4 is 5.32 Å². The van der Waals surface area contributed by atoms with Crippen molar-refractivity contribution in [2.75, 3.05) is 5.32 Å². The van der Waals surface area contributed by atoms with Gasteiger partial charge in [0, 0.05) is 23.9 Å². The van der Waals surface area contributed by atoms with E-state index in [1.807, 2.05) is 0 Å². The van der Waals surface area contributed by atoms with Gasteiger partial charge in [-0.15, -0.1) is 0 Å². The quantitative estimate of drug-likeness (QED) is 0.650. The minimum atomic E-state index is -1.15. The average molecular weight is 292 g/mol. The summed E-state index contributed by atoms with van der Waals surface area (Å²) in [7, 11) is 0. The Balaban J connectivity index is 2.17. The number of nitrogens with one attached hydrogen (secondary N) is 1. The number of nitro benzene ring substituents is 1. The van der Waals surface area contributed by atoms with Crippen molar-refractivity contribution < 1.29 is 14.8 Å². The summed E-state index contributed by atoms with van der Waals surface area (Å²) < 4.78 is 0. The highest BCUT2D eigenvalue weighted by Gasteiger charge is 2.19. The van der Waals surface area contributed by atoms with E-state index in [0.29, 0.717) is 5.69 Å². The van der Waals surface area contributed by atoms with Gasteiger partial charge in [-0.2, -0.15) is 0 Å². The molecule has 0 atom stereocenters. The summed E-state index contributed by atoms with van der Waals surface area (Å²) in [5.41, 5.74) is 0.237. The zero-order chi connectivity index (χ0) is 15.2. The molecule has 0 bridgehead atoms. The third kappa shape index (κ3) is 4.18. The van der Waals surface area contributed by atoms with E-state index in [9.17, 15) is 20.0 Å². The number of carboxylic acid groups (broad SMARTS) is 1. The lowest BCUT2D eigenvalue weighted by molar-refractivity contribution is -0.384. The van der Waals surface area contributed by atoms with Gasteiger partial charge in [0.25, 0.3) is 5.69 Å². The molecule has 1 fully saturated rings. The molecule has 1 aromatic carbocycles. The first kappa shape index (κ1) is 15.3. The minimum absolute atomic E-state index is 0.0359. The van der Waals surface area contributed by atoms with E-state index in [0.717, 1.165) is 31.7 Å². The molecule has 0 spiro atoms. The summed E-state index contributed by atoms with van der Waals surface area (Å²) in [5.74, 6) is -1.15. The van der Waals surface area contributed by atoms with Crippen LogP contribution in [0.5, 0.6) is 0 Å². The first-order valence-electron chi connectivity index (χ1n) is 7.36. The number of nitro groups is 1. The first-order chi connectivity index (χ1) is 10.1. The van der Waals surface area contributed by atoms with Gasteiger partial charge < -0.3 is 10.4 Å². The lowest BCUT2D eigenvalue weighted by Gasteiger charge is -2.23. The van der Waals surface area contributed by atoms with E-state index >= 15 is 0 Å². The third-order valence-corrected chi connectivity index (χ3v) is 3.91. The van der Waals surface area contributed by atoms with E-state index in [2.05, 4.69) is 5.32 Å². The van der Waals surface area contributed by atoms with Gasteiger partial charge in [0.15, 0.2) is 0 Å². The van der Waals surface area contributed by atoms with Crippen molar-refractivity contribution in [3.05, 3.63) is 33.9 Å². The molecule has 0 aliphatic heterocycles. The lowest BCUT2D eigenvalue weighted by atomic mass is 9.96. The van der Waals surface area contributed by atoms with Crippen molar-refractivity contribution in [3.8, 4) is 0 Å². The molecule has 2 N–H and O–H groups in total. The number of carboxylic acids is 1. The average Bonchev–Trinajstić information content (AvgIpc) is 2.41. The smallest absolute Gasteiger partial charge is 0.338 e. The number of hydrogen-bond donors (Lipinski definition) is 2. The fourth-order valence-corrected chi connectivity index (χ4v) is 2.77. The second-order valence-corrected chi connectivity index (χ2v) is 5.48. The molecule has 0 radical (unpaired) electrons. The van der Waals surface area contributed by atoms with Gasteiger partial charge in [-0.3, -0.25) is 10.1 Å². The summed E-state index contributed by atoms with van der Waals surface area (Å²) in [4.78, 5) is 21.5. The van der Waals surface area contributed by atoms with Crippen LogP contribution in [0.4, 0.5) is 11.4 Å². The summed E-state index contributed by atoms with van der Waals surface area (Å²) in [6, 6.07) is 4.20. The van der Waals surface area contributed by atoms with E-state index in [4.69, 9.17) is 0 Å². The number of carbonyl (C=O) groups is 1. The molecule has 1 aliphatic carbocycles. The number of rotatable bonds is 4. The molecule has 6 nitrogen and oxygen atoms in total. The van der Waals surface area contributed by atoms with Crippen LogP contribution in [0.25, 0.3) is 0 Å². The highest BCUT2D eigenvalue weighted by molar-refractivity contribution is 5.95. The van der Waals surface area contributed by atoms with E-state index in [-0.39, 0.29) is 17.3 Å². The van der Waals surface area contributed by atoms with Gasteiger partial charge in [-0.05, 0) is 18.9 Å². The van der Waals surface area contributed by atoms with Gasteiger partial charge in [0.2, 0.25) is 0 Å². The number of nitrogens with zero attached hydrogens (tertiary/aromatic N) is 1. The van der Waals surface area contributed by atoms with Crippen LogP contribution in [0, 0.1) is 10.1 Å². The second kappa shape index (κ2) is 7.06. The highest BCUT2D eigenvalue weighted by Crippen LogP contribution is 2.26. The number of benzene rings is 1. The van der Waals surface area contributed by atoms with Gasteiger partial charge in [-0.25, -0.2) is 4.79 Å². The molecule has 1 saturated carbocycles. The maximum absolute atomic E-state index is 11.3. The van der Waals surface area contributed by atoms with Crippen LogP contribution in [-0.2, 0) is 0 Å². The number of anilines is 1. The van der Waals surface area contributed by atoms with Crippen LogP contribution in [0.1, 0.15) is 55.3 Å². The monoisotopic (exact) mass is 292 g/mol. The fourth-order valence-electron chi connectivity index (χ4n) is 2.77. The van der Waals surface area contributed by atoms with Crippen LogP contribution in [0.2, 0.25) is 0 Å². The predicted molar refractivity (Wildman–Crippen MR) is 79.8 cm³/mol. The zero-order valence-corrected chi connectivity index (χ0v) is 11.9. The summed E-state index contributed by atoms with van der Waals surface area (Å²) in [5, 5.41) is 23.3. The van der Waals surface area contributed by atoms with E-state index < -0.39 is 10.9 Å². The predicted octanol–water partition coefficient (Wildman–Crippen LogP) is 3.82. The molecule has 2 rings (SSSR count). The van der Waals surface area contributed by atoms with Crippen molar-refractivity contribution in [1.82, 2.24) is 0 Å². The molecular weight excluding hydrogens is 272 g/mol. The molecule has 0 unspecified atom stereocenters. The molecule has 0 heterocycles. The lowest BCUT2D eigenvalue weighted by Crippen LogP contribution is -2.22. The summed E-state index contributed by atoms with van der Waals surface area (Å²) >= 11 is 0. The highest BCUT2D eigenvalue weighted by atomic mass is 16.6. The minimum Gasteiger partial charge on any atom is -0.478 e. The van der Waals surface area contributed by atoms with Crippen molar-refractivity contribution in [2.45, 2.75) is 51.0 Å². The number of hydrogen-bond acceptors (Lipinski definition) is 4. The Labute approximate surface area is 123 Å². The number of aromatic carboxylic acids is 1. The van der Waals surface area contributed by atoms with E-state index in [1.54, 1.807) is 0 Å². The maximum Gasteiger partial charge on any atom is 0.338 e. The first-order valence-corrected chi connectivity index (χ1v) is 7.36. The Morgan fingerprint density at radius 2 is 1.81 bits per heavy atom. The SMILES string of the molecule is O=C(O)c1cc([N+](=O)[O-])ccc1NC1CCCCCCC1. The molecular formula is C15H20N2O4. The van der Waals surface area contributed by atoms with Gasteiger partial charge in [-0.1, -0.05) is 32.1 Å². The third-order valence-electron chi connectivity index (χ3n) is 3.91. The van der Waals surface area contributed by atoms with Crippen LogP contribution in [-0.4, -0.2) is 22.0 Å². The Morgan fingerprint density at radius 1 is 1.19 bits per heavy atom. The van der Waals surface area contributed by atoms with Crippen LogP contribution in [0.3, 0.4) is 0 Å². The van der Waals surface area contributed by atoms with Gasteiger partial charge in [0.1, 0.15) is 0 Å². The molecule has 114 valence electrons. The summed E-state index contributed by atoms with van der Waals surface area (Å²) in [6.45, 7) is 0. The molecule has 1 aliphatic rings. The normalized spacial score (nSPS) is 16.8. The topological polar surface area (TPSA) is 92.5 Å². The van der Waals surface area contributed by atoms with Crippen molar-refractivity contribution in [1.29, 1.82) is 0 Å². The van der Waals surface area contributed by atoms with Crippen LogP contribution in [0.15, 0.2) is 18.2 Å². The Kier molecular flexibility index (Phi) is 5.14. The standard InChI is InChI=1S/C15H20N2O4/c18-15(19)13-10-12(17(20)21)8-9-14(13)16-11-6-4-2-1-3-5-7-11/h8-11,16H,1-7H2,(H,18,19). The fraction of sp³-hybridized carbons (Fsp3) is 0.533. The molecule has 6 heteroatoms. The van der Waals surface area contributed by atoms with Crippen molar-refractivity contribution in [2.24, 2.45) is 0 Å². The van der Waals surface area contributed by atoms with Gasteiger partial charge >= 0.3 is 5.97 Å². The van der Waals surface area contributed by atoms with E-state index in [1.165, 1.54) is 31.4 Å².